The highest BCUT2D eigenvalue weighted by Crippen LogP contribution is 2.45. The summed E-state index contributed by atoms with van der Waals surface area (Å²) in [7, 11) is -14.8. The number of hydrogen-bond donors (Lipinski definition) is 0. The predicted octanol–water partition coefficient (Wildman–Crippen LogP) is 16.8. The number of sulfone groups is 1. The fraction of sp³-hybridized carbons (Fsp3) is 0.827. The third-order valence-electron chi connectivity index (χ3n) is 15.7. The molecule has 2 rings (SSSR count). The van der Waals surface area contributed by atoms with Crippen LogP contribution < -0.4 is 0 Å². The minimum Gasteiger partial charge on any atom is -0.414 e. The molecule has 15 heteroatoms. The lowest BCUT2D eigenvalue weighted by atomic mass is 9.83. The van der Waals surface area contributed by atoms with Crippen molar-refractivity contribution in [3.63, 3.8) is 0 Å². The minimum absolute atomic E-state index is 0.0230. The van der Waals surface area contributed by atoms with Gasteiger partial charge in [0.25, 0.3) is 0 Å². The van der Waals surface area contributed by atoms with Gasteiger partial charge in [-0.05, 0) is 123 Å². The Morgan fingerprint density at radius 3 is 1.64 bits per heavy atom. The van der Waals surface area contributed by atoms with E-state index in [0.717, 1.165) is 22.8 Å². The Hall–Kier alpha value is -0.316. The van der Waals surface area contributed by atoms with E-state index in [0.29, 0.717) is 48.0 Å². The first kappa shape index (κ1) is 62.8. The quantitative estimate of drug-likeness (QED) is 0.0615. The maximum absolute atomic E-state index is 14.6. The van der Waals surface area contributed by atoms with Crippen LogP contribution in [0.3, 0.4) is 0 Å². The molecular formula is C52H103NO7S2Si5. The van der Waals surface area contributed by atoms with Crippen molar-refractivity contribution in [3.8, 4) is 0 Å². The first-order valence-electron chi connectivity index (χ1n) is 25.9. The van der Waals surface area contributed by atoms with Crippen LogP contribution in [0.15, 0.2) is 40.3 Å². The topological polar surface area (TPSA) is 93.2 Å². The fourth-order valence-corrected chi connectivity index (χ4v) is 25.1. The number of fused-ring (bicyclic) bond motifs is 1. The third kappa shape index (κ3) is 17.1. The van der Waals surface area contributed by atoms with Crippen molar-refractivity contribution in [2.45, 2.75) is 263 Å². The Labute approximate surface area is 422 Å². The summed E-state index contributed by atoms with van der Waals surface area (Å²) in [6.07, 6.45) is 3.42. The van der Waals surface area contributed by atoms with Gasteiger partial charge >= 0.3 is 0 Å². The van der Waals surface area contributed by atoms with Gasteiger partial charge in [-0.15, -0.1) is 11.3 Å². The largest absolute Gasteiger partial charge is 0.414 e. The Kier molecular flexibility index (Phi) is 22.6. The summed E-state index contributed by atoms with van der Waals surface area (Å²) in [5.41, 5.74) is 2.48. The summed E-state index contributed by atoms with van der Waals surface area (Å²) in [4.78, 5) is 4.66. The second kappa shape index (κ2) is 24.1. The second-order valence-electron chi connectivity index (χ2n) is 25.5. The molecule has 0 aliphatic carbocycles. The molecule has 0 spiro atoms. The van der Waals surface area contributed by atoms with Gasteiger partial charge < -0.3 is 22.1 Å². The van der Waals surface area contributed by atoms with Crippen LogP contribution in [-0.2, 0) is 32.0 Å². The molecule has 0 aliphatic heterocycles. The number of nitrogens with zero attached hydrogens (tertiary/aromatic N) is 1. The zero-order valence-corrected chi connectivity index (χ0v) is 54.3. The number of thiazole rings is 1. The normalized spacial score (nSPS) is 16.7. The predicted molar refractivity (Wildman–Crippen MR) is 304 cm³/mol. The molecule has 1 aromatic heterocycles. The molecule has 0 saturated heterocycles. The van der Waals surface area contributed by atoms with Crippen molar-refractivity contribution in [2.75, 3.05) is 12.4 Å². The van der Waals surface area contributed by atoms with Gasteiger partial charge in [-0.1, -0.05) is 141 Å². The van der Waals surface area contributed by atoms with E-state index in [1.807, 2.05) is 24.3 Å². The molecule has 0 amide bonds. The van der Waals surface area contributed by atoms with Gasteiger partial charge in [-0.3, -0.25) is 0 Å². The van der Waals surface area contributed by atoms with Gasteiger partial charge in [0.1, 0.15) is 0 Å². The lowest BCUT2D eigenvalue weighted by Gasteiger charge is -2.44. The highest BCUT2D eigenvalue weighted by molar-refractivity contribution is 7.93. The second-order valence-corrected chi connectivity index (χ2v) is 52.9. The summed E-state index contributed by atoms with van der Waals surface area (Å²) in [6, 6.07) is 10.6. The van der Waals surface area contributed by atoms with Crippen LogP contribution in [0.5, 0.6) is 0 Å². The van der Waals surface area contributed by atoms with Crippen LogP contribution in [0.1, 0.15) is 144 Å². The lowest BCUT2D eigenvalue weighted by Crippen LogP contribution is -2.50. The SMILES string of the molecule is CC[Si](CC)(CC)OC(C/C(=C/CO[Si](C(C)C)(C(C)C)C(C)C)C[C@@H](C[C@@H](O[Si](C)(C)C)[C@@H](C)O[Si](C)(C)C(C)(C)C)O[Si](C)(C)C(C)(C)C)C(C)(C)CS(=O)(=O)c1nc2ccccc2s1. The van der Waals surface area contributed by atoms with E-state index in [-0.39, 0.29) is 44.6 Å². The number of para-hydroxylation sites is 1. The van der Waals surface area contributed by atoms with E-state index in [4.69, 9.17) is 22.1 Å². The van der Waals surface area contributed by atoms with E-state index >= 15 is 0 Å². The van der Waals surface area contributed by atoms with Crippen molar-refractivity contribution in [3.05, 3.63) is 35.9 Å². The van der Waals surface area contributed by atoms with Crippen molar-refractivity contribution in [1.82, 2.24) is 4.98 Å². The molecule has 0 saturated carbocycles. The molecule has 0 bridgehead atoms. The monoisotopic (exact) mass is 1060 g/mol. The van der Waals surface area contributed by atoms with E-state index in [9.17, 15) is 8.42 Å². The molecule has 1 aromatic carbocycles. The van der Waals surface area contributed by atoms with Gasteiger partial charge in [-0.2, -0.15) is 0 Å². The molecule has 0 N–H and O–H groups in total. The van der Waals surface area contributed by atoms with Gasteiger partial charge in [0.2, 0.25) is 22.5 Å². The number of aromatic nitrogens is 1. The first-order chi connectivity index (χ1) is 30.2. The first-order valence-corrected chi connectivity index (χ1v) is 42.2. The average Bonchev–Trinajstić information content (AvgIpc) is 3.61. The Bertz CT molecular complexity index is 1910. The molecule has 390 valence electrons. The van der Waals surface area contributed by atoms with Crippen molar-refractivity contribution < 1.29 is 30.5 Å². The van der Waals surface area contributed by atoms with Crippen LogP contribution >= 0.6 is 11.3 Å². The minimum atomic E-state index is -3.77. The Morgan fingerprint density at radius 1 is 0.701 bits per heavy atom. The van der Waals surface area contributed by atoms with E-state index in [2.05, 4.69) is 182 Å². The molecular weight excluding hydrogens is 955 g/mol. The van der Waals surface area contributed by atoms with Crippen LogP contribution in [0, 0.1) is 5.41 Å². The van der Waals surface area contributed by atoms with Gasteiger partial charge in [0.15, 0.2) is 33.3 Å². The molecule has 0 fully saturated rings. The highest BCUT2D eigenvalue weighted by atomic mass is 32.2. The summed E-state index contributed by atoms with van der Waals surface area (Å²) in [5.74, 6) is -0.0711. The molecule has 1 unspecified atom stereocenters. The third-order valence-corrected chi connectivity index (χ3v) is 40.2. The number of benzene rings is 1. The molecule has 0 aliphatic rings. The van der Waals surface area contributed by atoms with Gasteiger partial charge in [0.05, 0.1) is 47.0 Å². The molecule has 4 atom stereocenters. The van der Waals surface area contributed by atoms with Gasteiger partial charge in [-0.25, -0.2) is 13.4 Å². The summed E-state index contributed by atoms with van der Waals surface area (Å²) in [5, 5.41) is 0.0274. The van der Waals surface area contributed by atoms with Crippen LogP contribution in [-0.4, -0.2) is 91.8 Å². The van der Waals surface area contributed by atoms with Crippen molar-refractivity contribution in [1.29, 1.82) is 0 Å². The summed E-state index contributed by atoms with van der Waals surface area (Å²) in [6.45, 7) is 57.8. The highest BCUT2D eigenvalue weighted by Gasteiger charge is 2.47. The van der Waals surface area contributed by atoms with E-state index < -0.39 is 56.8 Å². The Balaban J connectivity index is 2.96. The molecule has 67 heavy (non-hydrogen) atoms. The molecule has 0 radical (unpaired) electrons. The molecule has 1 heterocycles. The van der Waals surface area contributed by atoms with Gasteiger partial charge in [0, 0.05) is 11.8 Å². The summed E-state index contributed by atoms with van der Waals surface area (Å²) < 4.78 is 67.1. The van der Waals surface area contributed by atoms with E-state index in [1.54, 1.807) is 0 Å². The van der Waals surface area contributed by atoms with Crippen LogP contribution in [0.2, 0.25) is 90.7 Å². The maximum atomic E-state index is 14.6. The maximum Gasteiger partial charge on any atom is 0.210 e. The zero-order valence-electron chi connectivity index (χ0n) is 47.7. The summed E-state index contributed by atoms with van der Waals surface area (Å²) >= 11 is 1.26. The number of rotatable bonds is 28. The van der Waals surface area contributed by atoms with Crippen LogP contribution in [0.4, 0.5) is 0 Å². The van der Waals surface area contributed by atoms with Crippen molar-refractivity contribution in [2.24, 2.45) is 5.41 Å². The average molecular weight is 1060 g/mol. The van der Waals surface area contributed by atoms with Crippen LogP contribution in [0.25, 0.3) is 10.2 Å². The zero-order chi connectivity index (χ0) is 52.0. The molecule has 8 nitrogen and oxygen atoms in total. The smallest absolute Gasteiger partial charge is 0.210 e. The Morgan fingerprint density at radius 2 is 1.19 bits per heavy atom. The lowest BCUT2D eigenvalue weighted by molar-refractivity contribution is 0.0156. The fourth-order valence-electron chi connectivity index (χ4n) is 9.52. The standard InChI is InChI=1S/C52H103NO7S2Si5/c1-26-66(27-2,28-3)60-48(52(17,18)38-62(54,55)49-53-45-31-29-30-32-47(45)61-49)36-43(33-34-56-67(39(4)5,40(6)7)41(8)9)35-44(58-65(24,25)51(14,15)16)37-46(59-63(19,20)21)42(10)57-64(22,23)50(11,12)13/h29-33,39-42,44,46,48H,26-28,34-38H2,1-25H3/b43-33+/t42-,44+,46-,48?/m1/s1. The molecule has 2 aromatic rings. The van der Waals surface area contributed by atoms with Crippen molar-refractivity contribution >= 4 is 73.0 Å². The number of hydrogen-bond acceptors (Lipinski definition) is 9. The van der Waals surface area contributed by atoms with E-state index in [1.165, 1.54) is 16.9 Å².